The van der Waals surface area contributed by atoms with Gasteiger partial charge in [0, 0.05) is 47.8 Å². The van der Waals surface area contributed by atoms with Crippen LogP contribution >= 0.6 is 22.7 Å². The van der Waals surface area contributed by atoms with Gasteiger partial charge in [-0.05, 0) is 89.0 Å². The van der Waals surface area contributed by atoms with E-state index in [1.165, 1.54) is 62.9 Å². The summed E-state index contributed by atoms with van der Waals surface area (Å²) >= 11 is 3.66. The fraction of sp³-hybridized carbons (Fsp3) is 0. The van der Waals surface area contributed by atoms with E-state index < -0.39 is 0 Å². The standard InChI is InChI=1S/C41H26N2S2/c1-2-8-27(9-3-1)28-15-20-31(21-16-28)43(35-11-6-13-38-40(35)33-10-4-5-12-36(33)44-38)32-22-17-29(18-23-32)30-19-24-37-34(26-30)41-39(45-37)14-7-25-42-41/h1-26H. The molecule has 212 valence electrons. The first-order valence-corrected chi connectivity index (χ1v) is 16.7. The molecule has 0 atom stereocenters. The molecule has 0 unspecified atom stereocenters. The van der Waals surface area contributed by atoms with Crippen LogP contribution in [0.5, 0.6) is 0 Å². The van der Waals surface area contributed by atoms with E-state index >= 15 is 0 Å². The lowest BCUT2D eigenvalue weighted by Gasteiger charge is -2.27. The van der Waals surface area contributed by atoms with E-state index in [-0.39, 0.29) is 0 Å². The summed E-state index contributed by atoms with van der Waals surface area (Å²) in [6.07, 6.45) is 1.88. The lowest BCUT2D eigenvalue weighted by Crippen LogP contribution is -2.10. The van der Waals surface area contributed by atoms with E-state index in [2.05, 4.69) is 155 Å². The number of fused-ring (bicyclic) bond motifs is 6. The lowest BCUT2D eigenvalue weighted by atomic mass is 10.0. The van der Waals surface area contributed by atoms with Gasteiger partial charge in [-0.1, -0.05) is 84.9 Å². The highest BCUT2D eigenvalue weighted by atomic mass is 32.1. The summed E-state index contributed by atoms with van der Waals surface area (Å²) in [6.45, 7) is 0. The van der Waals surface area contributed by atoms with Crippen molar-refractivity contribution in [2.75, 3.05) is 4.90 Å². The minimum absolute atomic E-state index is 1.08. The number of pyridine rings is 1. The van der Waals surface area contributed by atoms with Crippen LogP contribution in [0.25, 0.3) is 62.7 Å². The number of nitrogens with zero attached hydrogens (tertiary/aromatic N) is 2. The molecular formula is C41H26N2S2. The average molecular weight is 611 g/mol. The molecule has 0 spiro atoms. The second kappa shape index (κ2) is 10.7. The molecule has 4 heteroatoms. The van der Waals surface area contributed by atoms with Crippen molar-refractivity contribution in [1.29, 1.82) is 0 Å². The van der Waals surface area contributed by atoms with Crippen LogP contribution in [0.4, 0.5) is 17.1 Å². The lowest BCUT2D eigenvalue weighted by molar-refractivity contribution is 1.30. The molecule has 0 fully saturated rings. The summed E-state index contributed by atoms with van der Waals surface area (Å²) in [5.41, 5.74) is 9.33. The Labute approximate surface area is 269 Å². The van der Waals surface area contributed by atoms with Crippen LogP contribution in [0.15, 0.2) is 158 Å². The third kappa shape index (κ3) is 4.50. The zero-order chi connectivity index (χ0) is 29.7. The van der Waals surface area contributed by atoms with Crippen LogP contribution in [-0.4, -0.2) is 4.98 Å². The molecule has 3 heterocycles. The van der Waals surface area contributed by atoms with Crippen LogP contribution < -0.4 is 4.90 Å². The van der Waals surface area contributed by atoms with Crippen LogP contribution in [0.2, 0.25) is 0 Å². The van der Waals surface area contributed by atoms with Crippen molar-refractivity contribution in [3.05, 3.63) is 158 Å². The van der Waals surface area contributed by atoms with Gasteiger partial charge >= 0.3 is 0 Å². The Morgan fingerprint density at radius 3 is 1.82 bits per heavy atom. The predicted octanol–water partition coefficient (Wildman–Crippen LogP) is 12.6. The smallest absolute Gasteiger partial charge is 0.0888 e. The van der Waals surface area contributed by atoms with Crippen molar-refractivity contribution in [3.8, 4) is 22.3 Å². The Morgan fingerprint density at radius 2 is 1.02 bits per heavy atom. The maximum Gasteiger partial charge on any atom is 0.0888 e. The van der Waals surface area contributed by atoms with Crippen molar-refractivity contribution in [1.82, 2.24) is 4.98 Å². The van der Waals surface area contributed by atoms with E-state index in [1.807, 2.05) is 23.6 Å². The van der Waals surface area contributed by atoms with E-state index in [1.54, 1.807) is 11.3 Å². The quantitative estimate of drug-likeness (QED) is 0.193. The number of hydrogen-bond acceptors (Lipinski definition) is 4. The van der Waals surface area contributed by atoms with Crippen LogP contribution in [0.1, 0.15) is 0 Å². The summed E-state index contributed by atoms with van der Waals surface area (Å²) in [5, 5.41) is 3.80. The zero-order valence-electron chi connectivity index (χ0n) is 24.2. The van der Waals surface area contributed by atoms with E-state index in [4.69, 9.17) is 0 Å². The molecule has 45 heavy (non-hydrogen) atoms. The molecule has 0 amide bonds. The Morgan fingerprint density at radius 1 is 0.422 bits per heavy atom. The van der Waals surface area contributed by atoms with E-state index in [0.29, 0.717) is 0 Å². The van der Waals surface area contributed by atoms with Gasteiger partial charge in [0.1, 0.15) is 0 Å². The Balaban J connectivity index is 1.18. The molecule has 6 aromatic carbocycles. The number of anilines is 3. The summed E-state index contributed by atoms with van der Waals surface area (Å²) in [6, 6.07) is 54.8. The Hall–Kier alpha value is -5.29. The number of benzene rings is 6. The van der Waals surface area contributed by atoms with Gasteiger partial charge in [-0.2, -0.15) is 0 Å². The number of hydrogen-bond donors (Lipinski definition) is 0. The second-order valence-corrected chi connectivity index (χ2v) is 13.4. The van der Waals surface area contributed by atoms with Crippen molar-refractivity contribution >= 4 is 80.2 Å². The van der Waals surface area contributed by atoms with Crippen molar-refractivity contribution in [3.63, 3.8) is 0 Å². The first-order chi connectivity index (χ1) is 22.3. The first-order valence-electron chi connectivity index (χ1n) is 15.0. The fourth-order valence-electron chi connectivity index (χ4n) is 6.38. The van der Waals surface area contributed by atoms with Crippen LogP contribution in [0, 0.1) is 0 Å². The molecule has 3 aromatic heterocycles. The molecule has 0 saturated carbocycles. The first kappa shape index (κ1) is 26.1. The number of rotatable bonds is 5. The van der Waals surface area contributed by atoms with Crippen molar-refractivity contribution in [2.45, 2.75) is 0 Å². The molecular weight excluding hydrogens is 585 g/mol. The molecule has 9 aromatic rings. The molecule has 0 aliphatic heterocycles. The SMILES string of the molecule is c1ccc(-c2ccc(N(c3ccc(-c4ccc5sc6cccnc6c5c4)cc3)c3cccc4sc5ccccc5c34)cc2)cc1. The van der Waals surface area contributed by atoms with Gasteiger partial charge in [-0.3, -0.25) is 4.98 Å². The minimum Gasteiger partial charge on any atom is -0.310 e. The molecule has 2 nitrogen and oxygen atoms in total. The summed E-state index contributed by atoms with van der Waals surface area (Å²) in [5.74, 6) is 0. The van der Waals surface area contributed by atoms with Gasteiger partial charge in [0.2, 0.25) is 0 Å². The van der Waals surface area contributed by atoms with Crippen molar-refractivity contribution < 1.29 is 0 Å². The molecule has 0 N–H and O–H groups in total. The Kier molecular flexibility index (Phi) is 6.22. The summed E-state index contributed by atoms with van der Waals surface area (Å²) in [4.78, 5) is 7.08. The molecule has 0 aliphatic carbocycles. The molecule has 0 saturated heterocycles. The summed E-state index contributed by atoms with van der Waals surface area (Å²) in [7, 11) is 0. The van der Waals surface area contributed by atoms with Crippen LogP contribution in [-0.2, 0) is 0 Å². The van der Waals surface area contributed by atoms with Crippen molar-refractivity contribution in [2.24, 2.45) is 0 Å². The topological polar surface area (TPSA) is 16.1 Å². The van der Waals surface area contributed by atoms with E-state index in [0.717, 1.165) is 16.9 Å². The largest absolute Gasteiger partial charge is 0.310 e. The van der Waals surface area contributed by atoms with Gasteiger partial charge in [-0.25, -0.2) is 0 Å². The monoisotopic (exact) mass is 610 g/mol. The summed E-state index contributed by atoms with van der Waals surface area (Å²) < 4.78 is 5.09. The van der Waals surface area contributed by atoms with Gasteiger partial charge in [0.25, 0.3) is 0 Å². The predicted molar refractivity (Wildman–Crippen MR) is 196 cm³/mol. The zero-order valence-corrected chi connectivity index (χ0v) is 25.9. The fourth-order valence-corrected chi connectivity index (χ4v) is 8.55. The third-order valence-electron chi connectivity index (χ3n) is 8.54. The highest BCUT2D eigenvalue weighted by molar-refractivity contribution is 7.26. The second-order valence-electron chi connectivity index (χ2n) is 11.2. The Bertz CT molecular complexity index is 2470. The molecule has 0 aliphatic rings. The van der Waals surface area contributed by atoms with Gasteiger partial charge in [-0.15, -0.1) is 22.7 Å². The third-order valence-corrected chi connectivity index (χ3v) is 10.8. The highest BCUT2D eigenvalue weighted by Crippen LogP contribution is 2.45. The minimum atomic E-state index is 1.08. The normalized spacial score (nSPS) is 11.6. The van der Waals surface area contributed by atoms with E-state index in [9.17, 15) is 0 Å². The number of thiophene rings is 2. The van der Waals surface area contributed by atoms with Gasteiger partial charge in [0.15, 0.2) is 0 Å². The highest BCUT2D eigenvalue weighted by Gasteiger charge is 2.19. The number of aromatic nitrogens is 1. The maximum absolute atomic E-state index is 4.68. The van der Waals surface area contributed by atoms with Gasteiger partial charge in [0.05, 0.1) is 15.9 Å². The van der Waals surface area contributed by atoms with Gasteiger partial charge < -0.3 is 4.90 Å². The van der Waals surface area contributed by atoms with Crippen LogP contribution in [0.3, 0.4) is 0 Å². The molecule has 9 rings (SSSR count). The average Bonchev–Trinajstić information content (AvgIpc) is 3.68. The molecule has 0 radical (unpaired) electrons. The maximum atomic E-state index is 4.68. The molecule has 0 bridgehead atoms.